The number of para-hydroxylation sites is 1. The molecule has 4 nitrogen and oxygen atoms in total. The molecule has 1 N–H and O–H groups in total. The van der Waals surface area contributed by atoms with Crippen LogP contribution in [0.2, 0.25) is 0 Å². The van der Waals surface area contributed by atoms with Gasteiger partial charge in [0.05, 0.1) is 17.1 Å². The summed E-state index contributed by atoms with van der Waals surface area (Å²) >= 11 is 2.08. The second-order valence-corrected chi connectivity index (χ2v) is 6.88. The Labute approximate surface area is 119 Å². The molecule has 0 radical (unpaired) electrons. The van der Waals surface area contributed by atoms with E-state index in [4.69, 9.17) is 4.42 Å². The number of nitrogens with one attached hydrogen (secondary N) is 1. The highest BCUT2D eigenvalue weighted by atomic mass is 127. The Kier molecular flexibility index (Phi) is 3.96. The van der Waals surface area contributed by atoms with Crippen LogP contribution in [0.15, 0.2) is 45.7 Å². The zero-order valence-electron chi connectivity index (χ0n) is 9.68. The molecule has 2 rings (SSSR count). The second kappa shape index (κ2) is 5.31. The lowest BCUT2D eigenvalue weighted by Gasteiger charge is -2.09. The normalized spacial score (nSPS) is 11.4. The summed E-state index contributed by atoms with van der Waals surface area (Å²) in [6, 6.07) is 10.5. The zero-order valence-corrected chi connectivity index (χ0v) is 12.7. The van der Waals surface area contributed by atoms with Crippen molar-refractivity contribution in [2.45, 2.75) is 11.4 Å². The predicted molar refractivity (Wildman–Crippen MR) is 78.3 cm³/mol. The summed E-state index contributed by atoms with van der Waals surface area (Å²) in [5.41, 5.74) is 0.589. The Balaban J connectivity index is 2.20. The maximum absolute atomic E-state index is 11.6. The smallest absolute Gasteiger partial charge is 0.177 e. The Morgan fingerprint density at radius 3 is 2.56 bits per heavy atom. The van der Waals surface area contributed by atoms with Crippen molar-refractivity contribution in [1.82, 2.24) is 0 Å². The van der Waals surface area contributed by atoms with Gasteiger partial charge in [0.25, 0.3) is 0 Å². The van der Waals surface area contributed by atoms with Crippen molar-refractivity contribution in [2.75, 3.05) is 11.6 Å². The molecule has 0 bridgehead atoms. The van der Waals surface area contributed by atoms with Crippen molar-refractivity contribution in [1.29, 1.82) is 0 Å². The van der Waals surface area contributed by atoms with Gasteiger partial charge in [-0.05, 0) is 46.9 Å². The average molecular weight is 377 g/mol. The van der Waals surface area contributed by atoms with Crippen molar-refractivity contribution < 1.29 is 12.8 Å². The maximum Gasteiger partial charge on any atom is 0.177 e. The standard InChI is InChI=1S/C12H12INO3S/c1-18(15,16)11-5-3-2-4-10(11)14-8-9-6-7-12(13)17-9/h2-7,14H,8H2,1H3. The van der Waals surface area contributed by atoms with E-state index in [1.807, 2.05) is 12.1 Å². The van der Waals surface area contributed by atoms with E-state index in [1.54, 1.807) is 24.3 Å². The highest BCUT2D eigenvalue weighted by molar-refractivity contribution is 14.1. The quantitative estimate of drug-likeness (QED) is 0.833. The molecule has 0 saturated carbocycles. The summed E-state index contributed by atoms with van der Waals surface area (Å²) in [5, 5.41) is 3.07. The first-order valence-corrected chi connectivity index (χ1v) is 8.21. The van der Waals surface area contributed by atoms with E-state index >= 15 is 0 Å². The van der Waals surface area contributed by atoms with Crippen LogP contribution in [0.25, 0.3) is 0 Å². The highest BCUT2D eigenvalue weighted by Crippen LogP contribution is 2.21. The fourth-order valence-corrected chi connectivity index (χ4v) is 2.89. The first-order chi connectivity index (χ1) is 8.47. The van der Waals surface area contributed by atoms with E-state index in [1.165, 1.54) is 6.26 Å². The van der Waals surface area contributed by atoms with E-state index in [0.717, 1.165) is 9.53 Å². The molecule has 18 heavy (non-hydrogen) atoms. The number of rotatable bonds is 4. The zero-order chi connectivity index (χ0) is 13.2. The van der Waals surface area contributed by atoms with Crippen LogP contribution in [0.5, 0.6) is 0 Å². The van der Waals surface area contributed by atoms with Crippen LogP contribution in [0.1, 0.15) is 5.76 Å². The molecule has 6 heteroatoms. The molecule has 0 atom stereocenters. The highest BCUT2D eigenvalue weighted by Gasteiger charge is 2.12. The van der Waals surface area contributed by atoms with E-state index in [9.17, 15) is 8.42 Å². The van der Waals surface area contributed by atoms with Crippen LogP contribution in [0, 0.1) is 3.77 Å². The van der Waals surface area contributed by atoms with Gasteiger partial charge in [-0.15, -0.1) is 0 Å². The number of benzene rings is 1. The van der Waals surface area contributed by atoms with Gasteiger partial charge in [0.15, 0.2) is 13.6 Å². The van der Waals surface area contributed by atoms with Gasteiger partial charge in [-0.1, -0.05) is 12.1 Å². The molecular weight excluding hydrogens is 365 g/mol. The summed E-state index contributed by atoms with van der Waals surface area (Å²) in [4.78, 5) is 0.297. The number of halogens is 1. The minimum absolute atomic E-state index is 0.297. The lowest BCUT2D eigenvalue weighted by molar-refractivity contribution is 0.492. The molecule has 0 aliphatic rings. The fraction of sp³-hybridized carbons (Fsp3) is 0.167. The van der Waals surface area contributed by atoms with Crippen LogP contribution < -0.4 is 5.32 Å². The molecule has 96 valence electrons. The lowest BCUT2D eigenvalue weighted by atomic mass is 10.3. The van der Waals surface area contributed by atoms with Gasteiger partial charge >= 0.3 is 0 Å². The molecular formula is C12H12INO3S. The van der Waals surface area contributed by atoms with Gasteiger partial charge in [0.1, 0.15) is 5.76 Å². The van der Waals surface area contributed by atoms with E-state index in [2.05, 4.69) is 27.9 Å². The minimum atomic E-state index is -3.23. The van der Waals surface area contributed by atoms with Crippen molar-refractivity contribution in [2.24, 2.45) is 0 Å². The van der Waals surface area contributed by atoms with Gasteiger partial charge < -0.3 is 9.73 Å². The minimum Gasteiger partial charge on any atom is -0.454 e. The molecule has 1 aromatic heterocycles. The Morgan fingerprint density at radius 2 is 1.94 bits per heavy atom. The number of hydrogen-bond acceptors (Lipinski definition) is 4. The molecule has 0 amide bonds. The monoisotopic (exact) mass is 377 g/mol. The molecule has 2 aromatic rings. The van der Waals surface area contributed by atoms with Crippen LogP contribution in [0.4, 0.5) is 5.69 Å². The third-order valence-electron chi connectivity index (χ3n) is 2.37. The SMILES string of the molecule is CS(=O)(=O)c1ccccc1NCc1ccc(I)o1. The van der Waals surface area contributed by atoms with Gasteiger partial charge in [-0.2, -0.15) is 0 Å². The van der Waals surface area contributed by atoms with E-state index < -0.39 is 9.84 Å². The molecule has 0 saturated heterocycles. The Hall–Kier alpha value is -1.02. The van der Waals surface area contributed by atoms with Crippen molar-refractivity contribution in [3.8, 4) is 0 Å². The van der Waals surface area contributed by atoms with E-state index in [0.29, 0.717) is 17.1 Å². The van der Waals surface area contributed by atoms with Gasteiger partial charge in [-0.3, -0.25) is 0 Å². The number of hydrogen-bond donors (Lipinski definition) is 1. The molecule has 0 aliphatic carbocycles. The third-order valence-corrected chi connectivity index (χ3v) is 4.10. The number of anilines is 1. The van der Waals surface area contributed by atoms with Crippen molar-refractivity contribution in [3.63, 3.8) is 0 Å². The molecule has 0 aliphatic heterocycles. The van der Waals surface area contributed by atoms with Crippen molar-refractivity contribution in [3.05, 3.63) is 45.9 Å². The van der Waals surface area contributed by atoms with E-state index in [-0.39, 0.29) is 0 Å². The Bertz CT molecular complexity index is 649. The third kappa shape index (κ3) is 3.26. The summed E-state index contributed by atoms with van der Waals surface area (Å²) in [5.74, 6) is 0.766. The van der Waals surface area contributed by atoms with Crippen LogP contribution in [-0.2, 0) is 16.4 Å². The van der Waals surface area contributed by atoms with Crippen LogP contribution in [-0.4, -0.2) is 14.7 Å². The van der Waals surface area contributed by atoms with Crippen LogP contribution >= 0.6 is 22.6 Å². The molecule has 1 heterocycles. The van der Waals surface area contributed by atoms with Gasteiger partial charge in [0, 0.05) is 6.26 Å². The summed E-state index contributed by atoms with van der Waals surface area (Å²) in [7, 11) is -3.23. The second-order valence-electron chi connectivity index (χ2n) is 3.83. The van der Waals surface area contributed by atoms with Crippen molar-refractivity contribution >= 4 is 38.1 Å². The fourth-order valence-electron chi connectivity index (χ4n) is 1.57. The summed E-state index contributed by atoms with van der Waals surface area (Å²) < 4.78 is 29.4. The molecule has 0 unspecified atom stereocenters. The van der Waals surface area contributed by atoms with Gasteiger partial charge in [0.2, 0.25) is 0 Å². The topological polar surface area (TPSA) is 59.3 Å². The summed E-state index contributed by atoms with van der Waals surface area (Å²) in [6.07, 6.45) is 1.20. The number of furan rings is 1. The molecule has 0 fully saturated rings. The predicted octanol–water partition coefficient (Wildman–Crippen LogP) is 2.90. The van der Waals surface area contributed by atoms with Crippen LogP contribution in [0.3, 0.4) is 0 Å². The van der Waals surface area contributed by atoms with Gasteiger partial charge in [-0.25, -0.2) is 8.42 Å². The summed E-state index contributed by atoms with van der Waals surface area (Å²) in [6.45, 7) is 0.454. The average Bonchev–Trinajstić information content (AvgIpc) is 2.72. The largest absolute Gasteiger partial charge is 0.454 e. The Morgan fingerprint density at radius 1 is 1.22 bits per heavy atom. The number of sulfone groups is 1. The first kappa shape index (κ1) is 13.4. The first-order valence-electron chi connectivity index (χ1n) is 5.24. The molecule has 0 spiro atoms. The maximum atomic E-state index is 11.6. The lowest BCUT2D eigenvalue weighted by Crippen LogP contribution is -2.05. The molecule has 1 aromatic carbocycles.